The molecule has 4 rings (SSSR count). The number of methoxy groups -OCH3 is 1. The molecule has 1 atom stereocenters. The van der Waals surface area contributed by atoms with Gasteiger partial charge in [0.2, 0.25) is 15.9 Å². The van der Waals surface area contributed by atoms with Crippen LogP contribution in [0.5, 0.6) is 11.5 Å². The van der Waals surface area contributed by atoms with Crippen LogP contribution in [0.1, 0.15) is 19.3 Å². The largest absolute Gasteiger partial charge is 0.497 e. The molecule has 8 nitrogen and oxygen atoms in total. The Morgan fingerprint density at radius 1 is 0.943 bits per heavy atom. The first kappa shape index (κ1) is 25.5. The molecular formula is C26H35N3O5S. The molecule has 0 aliphatic carbocycles. The number of nitrogens with zero attached hydrogens (tertiary/aromatic N) is 3. The Morgan fingerprint density at radius 3 is 2.29 bits per heavy atom. The van der Waals surface area contributed by atoms with Crippen molar-refractivity contribution in [3.05, 3.63) is 54.6 Å². The van der Waals surface area contributed by atoms with E-state index in [4.69, 9.17) is 9.47 Å². The van der Waals surface area contributed by atoms with Gasteiger partial charge in [0.25, 0.3) is 0 Å². The van der Waals surface area contributed by atoms with Crippen molar-refractivity contribution in [3.63, 3.8) is 0 Å². The molecule has 2 fully saturated rings. The van der Waals surface area contributed by atoms with Crippen molar-refractivity contribution in [1.82, 2.24) is 14.1 Å². The molecule has 2 aromatic rings. The van der Waals surface area contributed by atoms with Gasteiger partial charge < -0.3 is 19.3 Å². The first-order valence-corrected chi connectivity index (χ1v) is 13.5. The third-order valence-electron chi connectivity index (χ3n) is 6.99. The third-order valence-corrected chi connectivity index (χ3v) is 8.85. The summed E-state index contributed by atoms with van der Waals surface area (Å²) in [7, 11) is -0.114. The molecule has 2 saturated heterocycles. The second-order valence-corrected chi connectivity index (χ2v) is 11.5. The monoisotopic (exact) mass is 501 g/mol. The molecule has 0 saturated carbocycles. The van der Waals surface area contributed by atoms with Gasteiger partial charge in [-0.3, -0.25) is 4.79 Å². The smallest absolute Gasteiger partial charge is 0.243 e. The zero-order valence-corrected chi connectivity index (χ0v) is 21.4. The molecule has 1 unspecified atom stereocenters. The second kappa shape index (κ2) is 11.0. The van der Waals surface area contributed by atoms with Crippen LogP contribution in [-0.2, 0) is 14.8 Å². The van der Waals surface area contributed by atoms with Crippen LogP contribution in [0.3, 0.4) is 0 Å². The number of ether oxygens (including phenoxy) is 2. The number of hydrogen-bond donors (Lipinski definition) is 0. The van der Waals surface area contributed by atoms with Crippen molar-refractivity contribution in [2.24, 2.45) is 5.41 Å². The molecule has 0 N–H and O–H groups in total. The van der Waals surface area contributed by atoms with Crippen molar-refractivity contribution in [2.45, 2.75) is 24.2 Å². The number of para-hydroxylation sites is 1. The van der Waals surface area contributed by atoms with Gasteiger partial charge in [-0.05, 0) is 56.3 Å². The lowest BCUT2D eigenvalue weighted by Gasteiger charge is -2.43. The van der Waals surface area contributed by atoms with Crippen LogP contribution in [0.15, 0.2) is 59.5 Å². The zero-order valence-electron chi connectivity index (χ0n) is 20.6. The van der Waals surface area contributed by atoms with E-state index in [1.165, 1.54) is 4.31 Å². The fraction of sp³-hybridized carbons (Fsp3) is 0.500. The summed E-state index contributed by atoms with van der Waals surface area (Å²) >= 11 is 0. The zero-order chi connectivity index (χ0) is 24.9. The average Bonchev–Trinajstić information content (AvgIpc) is 2.88. The maximum atomic E-state index is 13.5. The van der Waals surface area contributed by atoms with Crippen molar-refractivity contribution in [2.75, 3.05) is 60.0 Å². The van der Waals surface area contributed by atoms with E-state index in [0.29, 0.717) is 37.6 Å². The molecule has 190 valence electrons. The predicted molar refractivity (Wildman–Crippen MR) is 134 cm³/mol. The number of sulfonamides is 1. The maximum Gasteiger partial charge on any atom is 0.243 e. The summed E-state index contributed by atoms with van der Waals surface area (Å²) in [6.45, 7) is 4.02. The molecule has 0 spiro atoms. The highest BCUT2D eigenvalue weighted by Crippen LogP contribution is 2.37. The van der Waals surface area contributed by atoms with E-state index in [1.807, 2.05) is 35.2 Å². The van der Waals surface area contributed by atoms with E-state index in [-0.39, 0.29) is 30.4 Å². The SMILES string of the molecule is COc1ccc(S(=O)(=O)N2CCCC(COc3ccccc3)(CC(=O)N3CCN(C)CC3)C2)cc1. The first-order valence-electron chi connectivity index (χ1n) is 12.1. The van der Waals surface area contributed by atoms with Gasteiger partial charge in [0, 0.05) is 51.1 Å². The topological polar surface area (TPSA) is 79.4 Å². The van der Waals surface area contributed by atoms with E-state index in [1.54, 1.807) is 31.4 Å². The Bertz CT molecular complexity index is 1090. The Balaban J connectivity index is 1.55. The number of amides is 1. The fourth-order valence-electron chi connectivity index (χ4n) is 4.82. The number of likely N-dealkylation sites (N-methyl/N-ethyl adjacent to an activating group) is 1. The van der Waals surface area contributed by atoms with Crippen LogP contribution in [0.2, 0.25) is 0 Å². The lowest BCUT2D eigenvalue weighted by atomic mass is 9.78. The van der Waals surface area contributed by atoms with Crippen LogP contribution in [0.4, 0.5) is 0 Å². The molecule has 2 aliphatic rings. The number of hydrogen-bond acceptors (Lipinski definition) is 6. The molecule has 1 amide bonds. The van der Waals surface area contributed by atoms with Gasteiger partial charge in [-0.2, -0.15) is 4.31 Å². The van der Waals surface area contributed by atoms with E-state index >= 15 is 0 Å². The molecule has 0 bridgehead atoms. The van der Waals surface area contributed by atoms with Crippen molar-refractivity contribution in [1.29, 1.82) is 0 Å². The third kappa shape index (κ3) is 6.15. The van der Waals surface area contributed by atoms with Gasteiger partial charge in [-0.25, -0.2) is 8.42 Å². The van der Waals surface area contributed by atoms with Gasteiger partial charge >= 0.3 is 0 Å². The second-order valence-electron chi connectivity index (χ2n) is 9.58. The number of rotatable bonds is 8. The lowest BCUT2D eigenvalue weighted by molar-refractivity contribution is -0.136. The average molecular weight is 502 g/mol. The summed E-state index contributed by atoms with van der Waals surface area (Å²) in [5.41, 5.74) is -0.603. The Kier molecular flexibility index (Phi) is 7.98. The van der Waals surface area contributed by atoms with Crippen LogP contribution in [0, 0.1) is 5.41 Å². The standard InChI is InChI=1S/C26H35N3O5S/c1-27-15-17-28(18-16-27)25(30)19-26(21-34-23-7-4-3-5-8-23)13-6-14-29(20-26)35(31,32)24-11-9-22(33-2)10-12-24/h3-5,7-12H,6,13-21H2,1-2H3. The van der Waals surface area contributed by atoms with E-state index in [9.17, 15) is 13.2 Å². The summed E-state index contributed by atoms with van der Waals surface area (Å²) in [5.74, 6) is 1.39. The van der Waals surface area contributed by atoms with E-state index in [2.05, 4.69) is 11.9 Å². The minimum Gasteiger partial charge on any atom is -0.497 e. The Labute approximate surface area is 208 Å². The first-order chi connectivity index (χ1) is 16.8. The van der Waals surface area contributed by atoms with E-state index in [0.717, 1.165) is 19.5 Å². The Morgan fingerprint density at radius 2 is 1.63 bits per heavy atom. The maximum absolute atomic E-state index is 13.5. The van der Waals surface area contributed by atoms with E-state index < -0.39 is 15.4 Å². The lowest BCUT2D eigenvalue weighted by Crippen LogP contribution is -2.53. The number of piperidine rings is 1. The summed E-state index contributed by atoms with van der Waals surface area (Å²) in [6, 6.07) is 15.9. The van der Waals surface area contributed by atoms with Crippen molar-refractivity contribution < 1.29 is 22.7 Å². The number of carbonyl (C=O) groups is 1. The van der Waals surface area contributed by atoms with Crippen LogP contribution in [0.25, 0.3) is 0 Å². The molecule has 0 aromatic heterocycles. The normalized spacial score (nSPS) is 22.1. The predicted octanol–water partition coefficient (Wildman–Crippen LogP) is 2.71. The molecular weight excluding hydrogens is 466 g/mol. The summed E-state index contributed by atoms with van der Waals surface area (Å²) in [4.78, 5) is 17.7. The highest BCUT2D eigenvalue weighted by atomic mass is 32.2. The minimum absolute atomic E-state index is 0.0680. The molecule has 9 heteroatoms. The summed E-state index contributed by atoms with van der Waals surface area (Å²) in [6.07, 6.45) is 1.66. The highest BCUT2D eigenvalue weighted by molar-refractivity contribution is 7.89. The van der Waals surface area contributed by atoms with Gasteiger partial charge in [-0.15, -0.1) is 0 Å². The van der Waals surface area contributed by atoms with Crippen molar-refractivity contribution in [3.8, 4) is 11.5 Å². The van der Waals surface area contributed by atoms with Gasteiger partial charge in [0.05, 0.1) is 18.6 Å². The van der Waals surface area contributed by atoms with Gasteiger partial charge in [0.15, 0.2) is 0 Å². The number of benzene rings is 2. The minimum atomic E-state index is -3.72. The van der Waals surface area contributed by atoms with Crippen molar-refractivity contribution >= 4 is 15.9 Å². The number of piperazine rings is 1. The van der Waals surface area contributed by atoms with Gasteiger partial charge in [-0.1, -0.05) is 18.2 Å². The summed E-state index contributed by atoms with van der Waals surface area (Å²) < 4.78 is 39.9. The Hall–Kier alpha value is -2.62. The molecule has 0 radical (unpaired) electrons. The van der Waals surface area contributed by atoms with Crippen LogP contribution >= 0.6 is 0 Å². The highest BCUT2D eigenvalue weighted by Gasteiger charge is 2.43. The van der Waals surface area contributed by atoms with Crippen LogP contribution < -0.4 is 9.47 Å². The quantitative estimate of drug-likeness (QED) is 0.554. The molecule has 2 heterocycles. The van der Waals surface area contributed by atoms with Gasteiger partial charge in [0.1, 0.15) is 11.5 Å². The summed E-state index contributed by atoms with van der Waals surface area (Å²) in [5, 5.41) is 0. The van der Waals surface area contributed by atoms with Crippen LogP contribution in [-0.4, -0.2) is 88.5 Å². The molecule has 2 aliphatic heterocycles. The molecule has 35 heavy (non-hydrogen) atoms. The number of carbonyl (C=O) groups excluding carboxylic acids is 1. The fourth-order valence-corrected chi connectivity index (χ4v) is 6.41. The molecule has 2 aromatic carbocycles.